The molecule has 112 valence electrons. The van der Waals surface area contributed by atoms with Gasteiger partial charge in [0.1, 0.15) is 0 Å². The van der Waals surface area contributed by atoms with Gasteiger partial charge < -0.3 is 19.9 Å². The molecule has 1 aliphatic rings. The molecule has 1 saturated carbocycles. The lowest BCUT2D eigenvalue weighted by Gasteiger charge is -2.17. The first-order valence-electron chi connectivity index (χ1n) is 7.26. The van der Waals surface area contributed by atoms with Crippen LogP contribution in [0.4, 0.5) is 0 Å². The quantitative estimate of drug-likeness (QED) is 0.838. The zero-order valence-corrected chi connectivity index (χ0v) is 12.6. The first-order valence-corrected chi connectivity index (χ1v) is 7.26. The molecule has 2 atom stereocenters. The van der Waals surface area contributed by atoms with Gasteiger partial charge in [0.15, 0.2) is 11.5 Å². The lowest BCUT2D eigenvalue weighted by molar-refractivity contribution is 0.131. The van der Waals surface area contributed by atoms with Gasteiger partial charge in [0, 0.05) is 13.1 Å². The molecule has 0 amide bonds. The van der Waals surface area contributed by atoms with Gasteiger partial charge in [0.25, 0.3) is 0 Å². The van der Waals surface area contributed by atoms with Crippen LogP contribution in [0.25, 0.3) is 0 Å². The highest BCUT2D eigenvalue weighted by atomic mass is 16.5. The van der Waals surface area contributed by atoms with Gasteiger partial charge in [-0.05, 0) is 48.9 Å². The van der Waals surface area contributed by atoms with E-state index in [1.807, 2.05) is 12.1 Å². The number of aryl methyl sites for hydroxylation is 1. The Bertz CT molecular complexity index is 448. The number of aliphatic hydroxyl groups excluding tert-OH is 1. The predicted molar refractivity (Wildman–Crippen MR) is 79.3 cm³/mol. The minimum Gasteiger partial charge on any atom is -0.493 e. The highest BCUT2D eigenvalue weighted by Gasteiger charge is 2.24. The molecular formula is C16H25NO3. The van der Waals surface area contributed by atoms with Crippen molar-refractivity contribution in [1.82, 2.24) is 5.32 Å². The van der Waals surface area contributed by atoms with Crippen molar-refractivity contribution in [3.05, 3.63) is 23.3 Å². The van der Waals surface area contributed by atoms with Gasteiger partial charge in [0.2, 0.25) is 0 Å². The molecule has 0 bridgehead atoms. The molecule has 1 aromatic carbocycles. The van der Waals surface area contributed by atoms with E-state index in [2.05, 4.69) is 12.2 Å². The van der Waals surface area contributed by atoms with Gasteiger partial charge in [-0.25, -0.2) is 0 Å². The first-order chi connectivity index (χ1) is 9.65. The summed E-state index contributed by atoms with van der Waals surface area (Å²) in [5, 5.41) is 13.3. The van der Waals surface area contributed by atoms with Gasteiger partial charge in [-0.3, -0.25) is 0 Å². The molecule has 2 unspecified atom stereocenters. The zero-order chi connectivity index (χ0) is 14.5. The molecule has 20 heavy (non-hydrogen) atoms. The standard InChI is InChI=1S/C16H25NO3/c1-11-7-15(19-2)16(20-3)8-13(11)10-17-9-12-5-4-6-14(12)18/h7-8,12,14,17-18H,4-6,9-10H2,1-3H3. The third-order valence-electron chi connectivity index (χ3n) is 4.18. The number of rotatable bonds is 6. The average Bonchev–Trinajstić information content (AvgIpc) is 2.85. The Morgan fingerprint density at radius 1 is 1.20 bits per heavy atom. The highest BCUT2D eigenvalue weighted by molar-refractivity contribution is 5.46. The number of hydrogen-bond acceptors (Lipinski definition) is 4. The Morgan fingerprint density at radius 2 is 1.90 bits per heavy atom. The average molecular weight is 279 g/mol. The SMILES string of the molecule is COc1cc(C)c(CNCC2CCCC2O)cc1OC. The Balaban J connectivity index is 1.95. The number of hydrogen-bond donors (Lipinski definition) is 2. The first kappa shape index (κ1) is 15.1. The fraction of sp³-hybridized carbons (Fsp3) is 0.625. The van der Waals surface area contributed by atoms with Crippen molar-refractivity contribution in [3.63, 3.8) is 0 Å². The summed E-state index contributed by atoms with van der Waals surface area (Å²) in [5.74, 6) is 1.92. The van der Waals surface area contributed by atoms with Crippen molar-refractivity contribution < 1.29 is 14.6 Å². The fourth-order valence-corrected chi connectivity index (χ4v) is 2.86. The van der Waals surface area contributed by atoms with Crippen LogP contribution < -0.4 is 14.8 Å². The summed E-state index contributed by atoms with van der Waals surface area (Å²) < 4.78 is 10.6. The zero-order valence-electron chi connectivity index (χ0n) is 12.6. The summed E-state index contributed by atoms with van der Waals surface area (Å²) in [6.07, 6.45) is 3.08. The van der Waals surface area contributed by atoms with Crippen molar-refractivity contribution >= 4 is 0 Å². The summed E-state index contributed by atoms with van der Waals surface area (Å²) >= 11 is 0. The maximum Gasteiger partial charge on any atom is 0.161 e. The highest BCUT2D eigenvalue weighted by Crippen LogP contribution is 2.30. The Kier molecular flexibility index (Phi) is 5.26. The molecule has 0 aliphatic heterocycles. The second-order valence-corrected chi connectivity index (χ2v) is 5.52. The number of benzene rings is 1. The second kappa shape index (κ2) is 6.95. The lowest BCUT2D eigenvalue weighted by Crippen LogP contribution is -2.27. The van der Waals surface area contributed by atoms with E-state index in [9.17, 15) is 5.11 Å². The van der Waals surface area contributed by atoms with Crippen LogP contribution in [-0.2, 0) is 6.54 Å². The summed E-state index contributed by atoms with van der Waals surface area (Å²) in [6.45, 7) is 3.73. The summed E-state index contributed by atoms with van der Waals surface area (Å²) in [6, 6.07) is 4.02. The van der Waals surface area contributed by atoms with Gasteiger partial charge in [-0.2, -0.15) is 0 Å². The summed E-state index contributed by atoms with van der Waals surface area (Å²) in [4.78, 5) is 0. The summed E-state index contributed by atoms with van der Waals surface area (Å²) in [7, 11) is 3.30. The number of nitrogens with one attached hydrogen (secondary N) is 1. The van der Waals surface area contributed by atoms with E-state index in [1.165, 1.54) is 11.1 Å². The predicted octanol–water partition coefficient (Wildman–Crippen LogP) is 2.26. The largest absolute Gasteiger partial charge is 0.493 e. The molecular weight excluding hydrogens is 254 g/mol. The monoisotopic (exact) mass is 279 g/mol. The van der Waals surface area contributed by atoms with Crippen LogP contribution in [0.1, 0.15) is 30.4 Å². The Labute approximate surface area is 121 Å². The molecule has 0 heterocycles. The normalized spacial score (nSPS) is 22.0. The van der Waals surface area contributed by atoms with Crippen LogP contribution >= 0.6 is 0 Å². The van der Waals surface area contributed by atoms with E-state index >= 15 is 0 Å². The fourth-order valence-electron chi connectivity index (χ4n) is 2.86. The van der Waals surface area contributed by atoms with E-state index < -0.39 is 0 Å². The van der Waals surface area contributed by atoms with Gasteiger partial charge in [-0.1, -0.05) is 6.42 Å². The van der Waals surface area contributed by atoms with Gasteiger partial charge >= 0.3 is 0 Å². The van der Waals surface area contributed by atoms with E-state index in [1.54, 1.807) is 14.2 Å². The number of ether oxygens (including phenoxy) is 2. The third kappa shape index (κ3) is 3.44. The van der Waals surface area contributed by atoms with Crippen LogP contribution in [0.3, 0.4) is 0 Å². The van der Waals surface area contributed by atoms with Crippen molar-refractivity contribution in [2.24, 2.45) is 5.92 Å². The van der Waals surface area contributed by atoms with E-state index in [4.69, 9.17) is 9.47 Å². The van der Waals surface area contributed by atoms with Crippen molar-refractivity contribution in [3.8, 4) is 11.5 Å². The van der Waals surface area contributed by atoms with Crippen molar-refractivity contribution in [1.29, 1.82) is 0 Å². The van der Waals surface area contributed by atoms with Gasteiger partial charge in [-0.15, -0.1) is 0 Å². The molecule has 4 nitrogen and oxygen atoms in total. The smallest absolute Gasteiger partial charge is 0.161 e. The van der Waals surface area contributed by atoms with E-state index in [0.29, 0.717) is 5.92 Å². The van der Waals surface area contributed by atoms with Crippen LogP contribution in [0.5, 0.6) is 11.5 Å². The molecule has 0 radical (unpaired) electrons. The van der Waals surface area contributed by atoms with Crippen LogP contribution in [0.15, 0.2) is 12.1 Å². The molecule has 1 aromatic rings. The molecule has 0 aromatic heterocycles. The molecule has 1 aliphatic carbocycles. The molecule has 1 fully saturated rings. The molecule has 2 rings (SSSR count). The molecule has 0 spiro atoms. The Hall–Kier alpha value is -1.26. The third-order valence-corrected chi connectivity index (χ3v) is 4.18. The van der Waals surface area contributed by atoms with E-state index in [-0.39, 0.29) is 6.10 Å². The maximum atomic E-state index is 9.81. The maximum absolute atomic E-state index is 9.81. The molecule has 0 saturated heterocycles. The molecule has 2 N–H and O–H groups in total. The van der Waals surface area contributed by atoms with Crippen LogP contribution in [0.2, 0.25) is 0 Å². The van der Waals surface area contributed by atoms with Crippen molar-refractivity contribution in [2.45, 2.75) is 38.8 Å². The van der Waals surface area contributed by atoms with Crippen molar-refractivity contribution in [2.75, 3.05) is 20.8 Å². The summed E-state index contributed by atoms with van der Waals surface area (Å²) in [5.41, 5.74) is 2.39. The van der Waals surface area contributed by atoms with E-state index in [0.717, 1.165) is 43.9 Å². The van der Waals surface area contributed by atoms with Crippen LogP contribution in [0, 0.1) is 12.8 Å². The number of methoxy groups -OCH3 is 2. The topological polar surface area (TPSA) is 50.7 Å². The Morgan fingerprint density at radius 3 is 2.50 bits per heavy atom. The van der Waals surface area contributed by atoms with Crippen LogP contribution in [-0.4, -0.2) is 32.0 Å². The molecule has 4 heteroatoms. The minimum absolute atomic E-state index is 0.131. The number of aliphatic hydroxyl groups is 1. The minimum atomic E-state index is -0.131. The van der Waals surface area contributed by atoms with Gasteiger partial charge in [0.05, 0.1) is 20.3 Å². The lowest BCUT2D eigenvalue weighted by atomic mass is 10.0. The second-order valence-electron chi connectivity index (χ2n) is 5.52.